The van der Waals surface area contributed by atoms with Crippen LogP contribution in [-0.2, 0) is 11.2 Å². The molecule has 0 radical (unpaired) electrons. The highest BCUT2D eigenvalue weighted by atomic mass is 16.3. The van der Waals surface area contributed by atoms with Gasteiger partial charge in [-0.2, -0.15) is 0 Å². The lowest BCUT2D eigenvalue weighted by Gasteiger charge is -2.21. The SMILES string of the molecule is CC(C)C(CO)Nc1ccc2c(c1)CC(=O)N2C. The molecule has 2 rings (SSSR count). The Morgan fingerprint density at radius 3 is 2.78 bits per heavy atom. The second kappa shape index (κ2) is 4.98. The molecule has 1 atom stereocenters. The molecule has 0 aliphatic carbocycles. The van der Waals surface area contributed by atoms with Gasteiger partial charge < -0.3 is 15.3 Å². The maximum Gasteiger partial charge on any atom is 0.231 e. The number of anilines is 2. The smallest absolute Gasteiger partial charge is 0.231 e. The molecule has 4 nitrogen and oxygen atoms in total. The summed E-state index contributed by atoms with van der Waals surface area (Å²) in [7, 11) is 1.80. The van der Waals surface area contributed by atoms with E-state index in [0.717, 1.165) is 16.9 Å². The van der Waals surface area contributed by atoms with Gasteiger partial charge in [-0.15, -0.1) is 0 Å². The Morgan fingerprint density at radius 1 is 1.44 bits per heavy atom. The summed E-state index contributed by atoms with van der Waals surface area (Å²) in [5.41, 5.74) is 2.99. The summed E-state index contributed by atoms with van der Waals surface area (Å²) in [6.07, 6.45) is 0.465. The van der Waals surface area contributed by atoms with Crippen molar-refractivity contribution in [2.75, 3.05) is 23.9 Å². The first-order valence-corrected chi connectivity index (χ1v) is 6.29. The second-order valence-corrected chi connectivity index (χ2v) is 5.15. The van der Waals surface area contributed by atoms with Crippen molar-refractivity contribution in [1.82, 2.24) is 0 Å². The first-order valence-electron chi connectivity index (χ1n) is 6.29. The van der Waals surface area contributed by atoms with E-state index in [1.54, 1.807) is 11.9 Å². The number of benzene rings is 1. The summed E-state index contributed by atoms with van der Waals surface area (Å²) in [5, 5.41) is 12.6. The van der Waals surface area contributed by atoms with Crippen molar-refractivity contribution in [3.05, 3.63) is 23.8 Å². The van der Waals surface area contributed by atoms with Gasteiger partial charge in [0.2, 0.25) is 5.91 Å². The minimum Gasteiger partial charge on any atom is -0.394 e. The topological polar surface area (TPSA) is 52.6 Å². The number of likely N-dealkylation sites (N-methyl/N-ethyl adjacent to an activating group) is 1. The highest BCUT2D eigenvalue weighted by Crippen LogP contribution is 2.30. The van der Waals surface area contributed by atoms with Gasteiger partial charge in [0.15, 0.2) is 0 Å². The summed E-state index contributed by atoms with van der Waals surface area (Å²) >= 11 is 0. The molecule has 0 aromatic heterocycles. The predicted molar refractivity (Wildman–Crippen MR) is 72.9 cm³/mol. The fourth-order valence-corrected chi connectivity index (χ4v) is 2.20. The van der Waals surface area contributed by atoms with E-state index >= 15 is 0 Å². The first kappa shape index (κ1) is 12.9. The third-order valence-corrected chi connectivity index (χ3v) is 3.51. The van der Waals surface area contributed by atoms with Gasteiger partial charge in [-0.25, -0.2) is 0 Å². The number of aliphatic hydroxyl groups excluding tert-OH is 1. The number of carbonyl (C=O) groups is 1. The van der Waals surface area contributed by atoms with Crippen molar-refractivity contribution in [3.63, 3.8) is 0 Å². The molecule has 0 saturated carbocycles. The fourth-order valence-electron chi connectivity index (χ4n) is 2.20. The zero-order valence-electron chi connectivity index (χ0n) is 11.1. The van der Waals surface area contributed by atoms with Crippen molar-refractivity contribution >= 4 is 17.3 Å². The molecule has 0 spiro atoms. The predicted octanol–water partition coefficient (Wildman–Crippen LogP) is 1.63. The molecular weight excluding hydrogens is 228 g/mol. The Hall–Kier alpha value is -1.55. The van der Waals surface area contributed by atoms with Gasteiger partial charge in [0.05, 0.1) is 19.1 Å². The number of nitrogens with one attached hydrogen (secondary N) is 1. The van der Waals surface area contributed by atoms with Gasteiger partial charge >= 0.3 is 0 Å². The van der Waals surface area contributed by atoms with Crippen LogP contribution >= 0.6 is 0 Å². The second-order valence-electron chi connectivity index (χ2n) is 5.15. The van der Waals surface area contributed by atoms with Crippen LogP contribution in [0.15, 0.2) is 18.2 Å². The largest absolute Gasteiger partial charge is 0.394 e. The monoisotopic (exact) mass is 248 g/mol. The number of fused-ring (bicyclic) bond motifs is 1. The number of carbonyl (C=O) groups excluding carboxylic acids is 1. The molecule has 1 amide bonds. The lowest BCUT2D eigenvalue weighted by Crippen LogP contribution is -2.29. The van der Waals surface area contributed by atoms with E-state index in [1.807, 2.05) is 18.2 Å². The van der Waals surface area contributed by atoms with Crippen LogP contribution in [0.25, 0.3) is 0 Å². The summed E-state index contributed by atoms with van der Waals surface area (Å²) in [6, 6.07) is 5.95. The number of nitrogens with zero attached hydrogens (tertiary/aromatic N) is 1. The average Bonchev–Trinajstić information content (AvgIpc) is 2.61. The molecular formula is C14H20N2O2. The molecule has 1 heterocycles. The standard InChI is InChI=1S/C14H20N2O2/c1-9(2)12(8-17)15-11-4-5-13-10(6-11)7-14(18)16(13)3/h4-6,9,12,15,17H,7-8H2,1-3H3. The van der Waals surface area contributed by atoms with Crippen LogP contribution in [0.3, 0.4) is 0 Å². The van der Waals surface area contributed by atoms with E-state index in [2.05, 4.69) is 19.2 Å². The van der Waals surface area contributed by atoms with E-state index in [4.69, 9.17) is 0 Å². The summed E-state index contributed by atoms with van der Waals surface area (Å²) < 4.78 is 0. The van der Waals surface area contributed by atoms with Gasteiger partial charge in [0.25, 0.3) is 0 Å². The molecule has 1 aromatic rings. The molecule has 0 bridgehead atoms. The Morgan fingerprint density at radius 2 is 2.17 bits per heavy atom. The summed E-state index contributed by atoms with van der Waals surface area (Å²) in [6.45, 7) is 4.24. The molecule has 1 aromatic carbocycles. The molecule has 18 heavy (non-hydrogen) atoms. The van der Waals surface area contributed by atoms with Gasteiger partial charge in [0, 0.05) is 18.4 Å². The van der Waals surface area contributed by atoms with Crippen LogP contribution in [0.4, 0.5) is 11.4 Å². The van der Waals surface area contributed by atoms with Gasteiger partial charge in [-0.1, -0.05) is 13.8 Å². The molecule has 2 N–H and O–H groups in total. The Bertz CT molecular complexity index is 457. The van der Waals surface area contributed by atoms with E-state index in [0.29, 0.717) is 12.3 Å². The molecule has 98 valence electrons. The maximum absolute atomic E-state index is 11.6. The summed E-state index contributed by atoms with van der Waals surface area (Å²) in [4.78, 5) is 13.3. The van der Waals surface area contributed by atoms with Crippen molar-refractivity contribution in [1.29, 1.82) is 0 Å². The quantitative estimate of drug-likeness (QED) is 0.851. The molecule has 1 aliphatic rings. The number of hydrogen-bond donors (Lipinski definition) is 2. The minimum absolute atomic E-state index is 0.0397. The highest BCUT2D eigenvalue weighted by Gasteiger charge is 2.24. The Labute approximate surface area is 108 Å². The lowest BCUT2D eigenvalue weighted by molar-refractivity contribution is -0.117. The van der Waals surface area contributed by atoms with Crippen molar-refractivity contribution in [2.45, 2.75) is 26.3 Å². The summed E-state index contributed by atoms with van der Waals surface area (Å²) in [5.74, 6) is 0.484. The van der Waals surface area contributed by atoms with E-state index < -0.39 is 0 Å². The third kappa shape index (κ3) is 2.34. The van der Waals surface area contributed by atoms with Crippen molar-refractivity contribution in [3.8, 4) is 0 Å². The average molecular weight is 248 g/mol. The number of aliphatic hydroxyl groups is 1. The molecule has 4 heteroatoms. The van der Waals surface area contributed by atoms with Gasteiger partial charge in [-0.3, -0.25) is 4.79 Å². The highest BCUT2D eigenvalue weighted by molar-refractivity contribution is 6.01. The Kier molecular flexibility index (Phi) is 3.57. The van der Waals surface area contributed by atoms with Crippen LogP contribution < -0.4 is 10.2 Å². The van der Waals surface area contributed by atoms with Crippen molar-refractivity contribution in [2.24, 2.45) is 5.92 Å². The van der Waals surface area contributed by atoms with Crippen molar-refractivity contribution < 1.29 is 9.90 Å². The van der Waals surface area contributed by atoms with Crippen LogP contribution in [-0.4, -0.2) is 30.7 Å². The molecule has 0 fully saturated rings. The first-order chi connectivity index (χ1) is 8.52. The molecule has 1 unspecified atom stereocenters. The van der Waals surface area contributed by atoms with Crippen LogP contribution in [0.5, 0.6) is 0 Å². The lowest BCUT2D eigenvalue weighted by atomic mass is 10.0. The number of hydrogen-bond acceptors (Lipinski definition) is 3. The number of amides is 1. The third-order valence-electron chi connectivity index (χ3n) is 3.51. The number of rotatable bonds is 4. The van der Waals surface area contributed by atoms with E-state index in [-0.39, 0.29) is 18.6 Å². The van der Waals surface area contributed by atoms with Crippen LogP contribution in [0.2, 0.25) is 0 Å². The van der Waals surface area contributed by atoms with Crippen LogP contribution in [0, 0.1) is 5.92 Å². The Balaban J connectivity index is 2.18. The van der Waals surface area contributed by atoms with Crippen LogP contribution in [0.1, 0.15) is 19.4 Å². The fraction of sp³-hybridized carbons (Fsp3) is 0.500. The van der Waals surface area contributed by atoms with E-state index in [9.17, 15) is 9.90 Å². The minimum atomic E-state index is 0.0397. The van der Waals surface area contributed by atoms with Gasteiger partial charge in [-0.05, 0) is 29.7 Å². The molecule has 1 aliphatic heterocycles. The van der Waals surface area contributed by atoms with Gasteiger partial charge in [0.1, 0.15) is 0 Å². The van der Waals surface area contributed by atoms with E-state index in [1.165, 1.54) is 0 Å². The molecule has 0 saturated heterocycles. The normalized spacial score (nSPS) is 16.1. The maximum atomic E-state index is 11.6. The zero-order valence-corrected chi connectivity index (χ0v) is 11.1. The zero-order chi connectivity index (χ0) is 13.3.